The molecule has 1 heterocycles. The molecule has 2 N–H and O–H groups in total. The quantitative estimate of drug-likeness (QED) is 0.719. The summed E-state index contributed by atoms with van der Waals surface area (Å²) in [6, 6.07) is 13.8. The molecule has 4 nitrogen and oxygen atoms in total. The molecule has 0 spiro atoms. The van der Waals surface area contributed by atoms with Crippen molar-refractivity contribution in [1.82, 2.24) is 4.98 Å². The van der Waals surface area contributed by atoms with Gasteiger partial charge in [-0.25, -0.2) is 0 Å². The molecule has 3 aromatic rings. The first-order chi connectivity index (χ1) is 10.7. The second kappa shape index (κ2) is 5.93. The van der Waals surface area contributed by atoms with Gasteiger partial charge in [0.1, 0.15) is 5.75 Å². The van der Waals surface area contributed by atoms with Crippen LogP contribution in [-0.2, 0) is 6.54 Å². The predicted octanol–water partition coefficient (Wildman–Crippen LogP) is 3.81. The van der Waals surface area contributed by atoms with E-state index in [4.69, 9.17) is 4.74 Å². The van der Waals surface area contributed by atoms with E-state index in [-0.39, 0.29) is 5.88 Å². The highest BCUT2D eigenvalue weighted by atomic mass is 16.5. The Morgan fingerprint density at radius 1 is 1.18 bits per heavy atom. The number of hydrogen-bond acceptors (Lipinski definition) is 3. The van der Waals surface area contributed by atoms with Crippen LogP contribution in [0.2, 0.25) is 0 Å². The summed E-state index contributed by atoms with van der Waals surface area (Å²) in [4.78, 5) is 7.41. The first-order valence-corrected chi connectivity index (χ1v) is 7.11. The topological polar surface area (TPSA) is 57.6 Å². The van der Waals surface area contributed by atoms with E-state index in [2.05, 4.69) is 9.98 Å². The van der Waals surface area contributed by atoms with Crippen LogP contribution in [0, 0.1) is 6.92 Å². The van der Waals surface area contributed by atoms with Crippen molar-refractivity contribution in [3.8, 4) is 11.6 Å². The fourth-order valence-electron chi connectivity index (χ4n) is 2.42. The van der Waals surface area contributed by atoms with E-state index in [0.29, 0.717) is 6.54 Å². The molecule has 0 saturated carbocycles. The Balaban J connectivity index is 1.81. The van der Waals surface area contributed by atoms with Crippen LogP contribution < -0.4 is 4.74 Å². The fourth-order valence-corrected chi connectivity index (χ4v) is 2.42. The van der Waals surface area contributed by atoms with E-state index in [1.54, 1.807) is 13.3 Å². The second-order valence-corrected chi connectivity index (χ2v) is 5.25. The first kappa shape index (κ1) is 14.2. The molecule has 0 bridgehead atoms. The smallest absolute Gasteiger partial charge is 0.198 e. The lowest BCUT2D eigenvalue weighted by molar-refractivity contribution is 0.414. The van der Waals surface area contributed by atoms with Crippen LogP contribution in [0.5, 0.6) is 11.6 Å². The van der Waals surface area contributed by atoms with E-state index >= 15 is 0 Å². The van der Waals surface area contributed by atoms with Gasteiger partial charge in [-0.1, -0.05) is 24.3 Å². The Bertz CT molecular complexity index is 817. The number of ether oxygens (including phenoxy) is 1. The minimum absolute atomic E-state index is 0.152. The predicted molar refractivity (Wildman–Crippen MR) is 89.0 cm³/mol. The van der Waals surface area contributed by atoms with Crippen LogP contribution in [-0.4, -0.2) is 23.4 Å². The maximum Gasteiger partial charge on any atom is 0.198 e. The monoisotopic (exact) mass is 294 g/mol. The molecule has 0 fully saturated rings. The third-order valence-electron chi connectivity index (χ3n) is 3.63. The van der Waals surface area contributed by atoms with Crippen molar-refractivity contribution in [2.45, 2.75) is 13.5 Å². The third kappa shape index (κ3) is 2.81. The van der Waals surface area contributed by atoms with Crippen LogP contribution in [0.25, 0.3) is 10.9 Å². The third-order valence-corrected chi connectivity index (χ3v) is 3.63. The molecule has 0 radical (unpaired) electrons. The van der Waals surface area contributed by atoms with Gasteiger partial charge >= 0.3 is 0 Å². The van der Waals surface area contributed by atoms with Gasteiger partial charge in [0.15, 0.2) is 5.88 Å². The Morgan fingerprint density at radius 2 is 1.95 bits per heavy atom. The number of hydrogen-bond donors (Lipinski definition) is 2. The minimum Gasteiger partial charge on any atom is -0.497 e. The highest BCUT2D eigenvalue weighted by molar-refractivity contribution is 6.02. The summed E-state index contributed by atoms with van der Waals surface area (Å²) >= 11 is 0. The summed E-state index contributed by atoms with van der Waals surface area (Å²) in [6.07, 6.45) is 1.72. The number of H-pyrrole nitrogens is 1. The Labute approximate surface area is 129 Å². The highest BCUT2D eigenvalue weighted by Gasteiger charge is 2.08. The van der Waals surface area contributed by atoms with Crippen LogP contribution in [0.4, 0.5) is 0 Å². The Morgan fingerprint density at radius 3 is 2.68 bits per heavy atom. The number of nitrogens with one attached hydrogen (secondary N) is 1. The number of aliphatic imine (C=N–C) groups is 1. The van der Waals surface area contributed by atoms with E-state index in [1.165, 1.54) is 0 Å². The number of aromatic hydroxyl groups is 1. The fraction of sp³-hybridized carbons (Fsp3) is 0.167. The molecule has 0 unspecified atom stereocenters. The second-order valence-electron chi connectivity index (χ2n) is 5.25. The van der Waals surface area contributed by atoms with Crippen molar-refractivity contribution in [1.29, 1.82) is 0 Å². The molecule has 0 amide bonds. The Kier molecular flexibility index (Phi) is 3.83. The van der Waals surface area contributed by atoms with Crippen LogP contribution in [0.1, 0.15) is 16.7 Å². The maximum absolute atomic E-state index is 10.0. The van der Waals surface area contributed by atoms with Crippen molar-refractivity contribution >= 4 is 17.1 Å². The molecule has 22 heavy (non-hydrogen) atoms. The molecular weight excluding hydrogens is 276 g/mol. The van der Waals surface area contributed by atoms with E-state index < -0.39 is 0 Å². The molecule has 4 heteroatoms. The van der Waals surface area contributed by atoms with Crippen molar-refractivity contribution < 1.29 is 9.84 Å². The van der Waals surface area contributed by atoms with E-state index in [0.717, 1.165) is 33.3 Å². The number of nitrogens with zero attached hydrogens (tertiary/aromatic N) is 1. The van der Waals surface area contributed by atoms with Crippen molar-refractivity contribution in [2.24, 2.45) is 4.99 Å². The molecule has 3 rings (SSSR count). The van der Waals surface area contributed by atoms with Gasteiger partial charge in [0.25, 0.3) is 0 Å². The number of aryl methyl sites for hydroxylation is 1. The number of rotatable bonds is 4. The van der Waals surface area contributed by atoms with Gasteiger partial charge in [-0.05, 0) is 36.2 Å². The number of fused-ring (bicyclic) bond motifs is 1. The lowest BCUT2D eigenvalue weighted by Gasteiger charge is -2.00. The molecule has 0 aliphatic heterocycles. The summed E-state index contributed by atoms with van der Waals surface area (Å²) < 4.78 is 5.13. The SMILES string of the molecule is COc1ccc(CN=Cc2c(O)[nH]c3cc(C)ccc23)cc1. The number of methoxy groups -OCH3 is 1. The molecular formula is C18H18N2O2. The maximum atomic E-state index is 10.0. The zero-order valence-corrected chi connectivity index (χ0v) is 12.6. The number of aromatic amines is 1. The molecule has 0 aliphatic rings. The Hall–Kier alpha value is -2.75. The summed E-state index contributed by atoms with van der Waals surface area (Å²) in [7, 11) is 1.65. The van der Waals surface area contributed by atoms with Gasteiger partial charge in [-0.15, -0.1) is 0 Å². The molecule has 1 aromatic heterocycles. The summed E-state index contributed by atoms with van der Waals surface area (Å²) in [5.41, 5.74) is 3.88. The molecule has 0 saturated heterocycles. The average molecular weight is 294 g/mol. The van der Waals surface area contributed by atoms with Crippen molar-refractivity contribution in [2.75, 3.05) is 7.11 Å². The van der Waals surface area contributed by atoms with Gasteiger partial charge in [0.2, 0.25) is 0 Å². The molecule has 112 valence electrons. The molecule has 0 atom stereocenters. The average Bonchev–Trinajstić information content (AvgIpc) is 2.83. The molecule has 0 aliphatic carbocycles. The van der Waals surface area contributed by atoms with Gasteiger partial charge in [0, 0.05) is 17.1 Å². The van der Waals surface area contributed by atoms with Gasteiger partial charge in [0.05, 0.1) is 19.2 Å². The van der Waals surface area contributed by atoms with Crippen molar-refractivity contribution in [3.63, 3.8) is 0 Å². The van der Waals surface area contributed by atoms with Gasteiger partial charge < -0.3 is 14.8 Å². The van der Waals surface area contributed by atoms with Crippen LogP contribution in [0.15, 0.2) is 47.5 Å². The minimum atomic E-state index is 0.152. The largest absolute Gasteiger partial charge is 0.497 e. The summed E-state index contributed by atoms with van der Waals surface area (Å²) in [5.74, 6) is 0.983. The number of benzene rings is 2. The zero-order chi connectivity index (χ0) is 15.5. The zero-order valence-electron chi connectivity index (χ0n) is 12.6. The van der Waals surface area contributed by atoms with E-state index in [1.807, 2.05) is 49.4 Å². The van der Waals surface area contributed by atoms with E-state index in [9.17, 15) is 5.11 Å². The number of aromatic nitrogens is 1. The standard InChI is InChI=1S/C18H18N2O2/c1-12-3-8-15-16(18(21)20-17(15)9-12)11-19-10-13-4-6-14(22-2)7-5-13/h3-9,11,20-21H,10H2,1-2H3. The molecule has 2 aromatic carbocycles. The highest BCUT2D eigenvalue weighted by Crippen LogP contribution is 2.26. The lowest BCUT2D eigenvalue weighted by atomic mass is 10.1. The van der Waals surface area contributed by atoms with Crippen LogP contribution in [0.3, 0.4) is 0 Å². The van der Waals surface area contributed by atoms with Gasteiger partial charge in [-0.2, -0.15) is 0 Å². The van der Waals surface area contributed by atoms with Crippen molar-refractivity contribution in [3.05, 3.63) is 59.2 Å². The first-order valence-electron chi connectivity index (χ1n) is 7.11. The van der Waals surface area contributed by atoms with Crippen LogP contribution >= 0.6 is 0 Å². The lowest BCUT2D eigenvalue weighted by Crippen LogP contribution is -1.86. The summed E-state index contributed by atoms with van der Waals surface area (Å²) in [5, 5.41) is 11.0. The summed E-state index contributed by atoms with van der Waals surface area (Å²) in [6.45, 7) is 2.58. The van der Waals surface area contributed by atoms with Gasteiger partial charge in [-0.3, -0.25) is 4.99 Å². The normalized spacial score (nSPS) is 11.4.